The number of ether oxygens (including phenoxy) is 3. The molecule has 0 spiro atoms. The summed E-state index contributed by atoms with van der Waals surface area (Å²) < 4.78 is 40.2. The fourth-order valence-electron chi connectivity index (χ4n) is 3.14. The third-order valence-corrected chi connectivity index (χ3v) is 4.51. The van der Waals surface area contributed by atoms with E-state index in [1.54, 1.807) is 43.3 Å². The van der Waals surface area contributed by atoms with E-state index in [0.717, 1.165) is 0 Å². The molecule has 0 atom stereocenters. The molecule has 3 aromatic rings. The molecule has 30 heavy (non-hydrogen) atoms. The number of hydrogen-bond donors (Lipinski definition) is 1. The predicted octanol–water partition coefficient (Wildman–Crippen LogP) is 5.03. The molecule has 2 aromatic carbocycles. The van der Waals surface area contributed by atoms with Crippen LogP contribution in [0.4, 0.5) is 8.78 Å². The number of alkyl halides is 2. The van der Waals surface area contributed by atoms with Crippen molar-refractivity contribution < 1.29 is 32.9 Å². The molecular formula is C22H19F2NO5. The van der Waals surface area contributed by atoms with Gasteiger partial charge in [-0.05, 0) is 42.3 Å². The van der Waals surface area contributed by atoms with Gasteiger partial charge in [0, 0.05) is 5.39 Å². The van der Waals surface area contributed by atoms with Crippen LogP contribution in [0.2, 0.25) is 0 Å². The fraction of sp³-hybridized carbons (Fsp3) is 0.182. The number of aromatic nitrogens is 1. The standard InChI is InChI=1S/C22H19F2NO5/c1-12-15(25-16-7-5-4-6-14(16)19(12)21(26)27)9-8-13-10-17(28-2)20(30-22(23)24)18(11-13)29-3/h4-11,22H,1-3H3,(H,26,27). The Labute approximate surface area is 171 Å². The topological polar surface area (TPSA) is 77.9 Å². The van der Waals surface area contributed by atoms with Crippen LogP contribution in [-0.4, -0.2) is 36.9 Å². The molecule has 1 heterocycles. The van der Waals surface area contributed by atoms with Gasteiger partial charge in [-0.2, -0.15) is 8.78 Å². The molecule has 3 rings (SSSR count). The summed E-state index contributed by atoms with van der Waals surface area (Å²) in [6.45, 7) is -1.35. The lowest BCUT2D eigenvalue weighted by atomic mass is 10.0. The van der Waals surface area contributed by atoms with E-state index in [9.17, 15) is 18.7 Å². The summed E-state index contributed by atoms with van der Waals surface area (Å²) >= 11 is 0. The Kier molecular flexibility index (Phi) is 6.15. The van der Waals surface area contributed by atoms with E-state index >= 15 is 0 Å². The van der Waals surface area contributed by atoms with Crippen LogP contribution < -0.4 is 14.2 Å². The smallest absolute Gasteiger partial charge is 0.387 e. The van der Waals surface area contributed by atoms with Gasteiger partial charge in [0.15, 0.2) is 11.5 Å². The SMILES string of the molecule is COc1cc(C=Cc2nc3ccccc3c(C(=O)O)c2C)cc(OC)c1OC(F)F. The Hall–Kier alpha value is -3.68. The van der Waals surface area contributed by atoms with Crippen LogP contribution in [0.25, 0.3) is 23.1 Å². The molecule has 156 valence electrons. The first-order valence-corrected chi connectivity index (χ1v) is 8.87. The molecule has 0 aliphatic heterocycles. The Morgan fingerprint density at radius 2 is 1.73 bits per heavy atom. The second kappa shape index (κ2) is 8.77. The van der Waals surface area contributed by atoms with Crippen molar-refractivity contribution in [3.05, 3.63) is 58.8 Å². The molecular weight excluding hydrogens is 396 g/mol. The summed E-state index contributed by atoms with van der Waals surface area (Å²) in [4.78, 5) is 16.3. The van der Waals surface area contributed by atoms with E-state index in [-0.39, 0.29) is 22.8 Å². The first-order valence-electron chi connectivity index (χ1n) is 8.87. The summed E-state index contributed by atoms with van der Waals surface area (Å²) in [5.74, 6) is -1.11. The van der Waals surface area contributed by atoms with Gasteiger partial charge in [0.05, 0.1) is 31.0 Å². The normalized spacial score (nSPS) is 11.3. The third kappa shape index (κ3) is 4.17. The number of rotatable bonds is 7. The van der Waals surface area contributed by atoms with Crippen molar-refractivity contribution in [3.8, 4) is 17.2 Å². The third-order valence-electron chi connectivity index (χ3n) is 4.51. The number of aromatic carboxylic acids is 1. The number of fused-ring (bicyclic) bond motifs is 1. The van der Waals surface area contributed by atoms with Crippen LogP contribution in [-0.2, 0) is 0 Å². The summed E-state index contributed by atoms with van der Waals surface area (Å²) in [6, 6.07) is 10.00. The van der Waals surface area contributed by atoms with Crippen molar-refractivity contribution in [3.63, 3.8) is 0 Å². The van der Waals surface area contributed by atoms with E-state index in [2.05, 4.69) is 9.72 Å². The lowest BCUT2D eigenvalue weighted by molar-refractivity contribution is -0.0526. The fourth-order valence-corrected chi connectivity index (χ4v) is 3.14. The maximum Gasteiger partial charge on any atom is 0.387 e. The Morgan fingerprint density at radius 1 is 1.10 bits per heavy atom. The number of pyridine rings is 1. The van der Waals surface area contributed by atoms with Gasteiger partial charge >= 0.3 is 12.6 Å². The molecule has 0 aliphatic rings. The number of nitrogens with zero attached hydrogens (tertiary/aromatic N) is 1. The molecule has 0 aliphatic carbocycles. The highest BCUT2D eigenvalue weighted by molar-refractivity contribution is 6.04. The highest BCUT2D eigenvalue weighted by atomic mass is 19.3. The Balaban J connectivity index is 2.09. The van der Waals surface area contributed by atoms with Crippen molar-refractivity contribution >= 4 is 29.0 Å². The lowest BCUT2D eigenvalue weighted by Crippen LogP contribution is -2.05. The van der Waals surface area contributed by atoms with E-state index in [0.29, 0.717) is 27.7 Å². The maximum atomic E-state index is 12.7. The largest absolute Gasteiger partial charge is 0.493 e. The maximum absolute atomic E-state index is 12.7. The number of hydrogen-bond acceptors (Lipinski definition) is 5. The van der Waals surface area contributed by atoms with Crippen molar-refractivity contribution in [2.24, 2.45) is 0 Å². The predicted molar refractivity (Wildman–Crippen MR) is 109 cm³/mol. The van der Waals surface area contributed by atoms with Crippen molar-refractivity contribution in [2.75, 3.05) is 14.2 Å². The minimum atomic E-state index is -3.03. The van der Waals surface area contributed by atoms with Gasteiger partial charge < -0.3 is 19.3 Å². The molecule has 1 aromatic heterocycles. The molecule has 0 amide bonds. The van der Waals surface area contributed by atoms with Gasteiger partial charge in [0.25, 0.3) is 0 Å². The summed E-state index contributed by atoms with van der Waals surface area (Å²) in [5, 5.41) is 10.2. The molecule has 0 bridgehead atoms. The minimum absolute atomic E-state index is 0.0729. The van der Waals surface area contributed by atoms with E-state index in [1.807, 2.05) is 0 Å². The quantitative estimate of drug-likeness (QED) is 0.583. The van der Waals surface area contributed by atoms with Crippen LogP contribution >= 0.6 is 0 Å². The zero-order valence-electron chi connectivity index (χ0n) is 16.5. The van der Waals surface area contributed by atoms with Gasteiger partial charge in [0.2, 0.25) is 5.75 Å². The van der Waals surface area contributed by atoms with E-state index in [1.165, 1.54) is 26.4 Å². The first kappa shape index (κ1) is 21.0. The van der Waals surface area contributed by atoms with Crippen LogP contribution in [0.1, 0.15) is 27.2 Å². The molecule has 0 fully saturated rings. The number of carboxylic acids is 1. The molecule has 6 nitrogen and oxygen atoms in total. The zero-order valence-corrected chi connectivity index (χ0v) is 16.5. The highest BCUT2D eigenvalue weighted by Gasteiger charge is 2.18. The van der Waals surface area contributed by atoms with Crippen LogP contribution in [0.3, 0.4) is 0 Å². The number of para-hydroxylation sites is 1. The summed E-state index contributed by atoms with van der Waals surface area (Å²) in [5.41, 5.74) is 2.27. The molecule has 0 saturated carbocycles. The summed E-state index contributed by atoms with van der Waals surface area (Å²) in [6.07, 6.45) is 3.31. The number of carbonyl (C=O) groups is 1. The number of methoxy groups -OCH3 is 2. The number of halogens is 2. The zero-order chi connectivity index (χ0) is 21.8. The molecule has 0 unspecified atom stereocenters. The molecule has 8 heteroatoms. The lowest BCUT2D eigenvalue weighted by Gasteiger charge is -2.14. The van der Waals surface area contributed by atoms with E-state index < -0.39 is 12.6 Å². The van der Waals surface area contributed by atoms with Gasteiger partial charge in [0.1, 0.15) is 0 Å². The average molecular weight is 415 g/mol. The second-order valence-corrected chi connectivity index (χ2v) is 6.29. The Morgan fingerprint density at radius 3 is 2.30 bits per heavy atom. The molecule has 1 N–H and O–H groups in total. The van der Waals surface area contributed by atoms with Gasteiger partial charge in [-0.3, -0.25) is 0 Å². The Bertz CT molecular complexity index is 1100. The van der Waals surface area contributed by atoms with Crippen LogP contribution in [0, 0.1) is 6.92 Å². The van der Waals surface area contributed by atoms with E-state index in [4.69, 9.17) is 9.47 Å². The summed E-state index contributed by atoms with van der Waals surface area (Å²) in [7, 11) is 2.66. The highest BCUT2D eigenvalue weighted by Crippen LogP contribution is 2.40. The van der Waals surface area contributed by atoms with Crippen molar-refractivity contribution in [2.45, 2.75) is 13.5 Å². The monoisotopic (exact) mass is 415 g/mol. The van der Waals surface area contributed by atoms with Crippen molar-refractivity contribution in [1.82, 2.24) is 4.98 Å². The number of benzene rings is 2. The first-order chi connectivity index (χ1) is 14.3. The second-order valence-electron chi connectivity index (χ2n) is 6.29. The number of carboxylic acid groups (broad SMARTS) is 1. The molecule has 0 saturated heterocycles. The van der Waals surface area contributed by atoms with Crippen molar-refractivity contribution in [1.29, 1.82) is 0 Å². The minimum Gasteiger partial charge on any atom is -0.493 e. The van der Waals surface area contributed by atoms with Crippen LogP contribution in [0.15, 0.2) is 36.4 Å². The van der Waals surface area contributed by atoms with Gasteiger partial charge in [-0.1, -0.05) is 24.3 Å². The van der Waals surface area contributed by atoms with Crippen LogP contribution in [0.5, 0.6) is 17.2 Å². The molecule has 0 radical (unpaired) electrons. The average Bonchev–Trinajstić information content (AvgIpc) is 2.72. The van der Waals surface area contributed by atoms with Gasteiger partial charge in [-0.25, -0.2) is 9.78 Å². The van der Waals surface area contributed by atoms with Gasteiger partial charge in [-0.15, -0.1) is 0 Å².